The first kappa shape index (κ1) is 16.0. The van der Waals surface area contributed by atoms with Crippen LogP contribution in [0.2, 0.25) is 0 Å². The van der Waals surface area contributed by atoms with Gasteiger partial charge in [-0.25, -0.2) is 5.43 Å². The largest absolute Gasteiger partial charge is 0.497 e. The fraction of sp³-hybridized carbons (Fsp3) is 0.0588. The number of rotatable bonds is 5. The smallest absolute Gasteiger partial charge is 0.271 e. The summed E-state index contributed by atoms with van der Waals surface area (Å²) in [5.41, 5.74) is 4.03. The molecule has 0 saturated heterocycles. The number of ether oxygens (including phenoxy) is 1. The van der Waals surface area contributed by atoms with Crippen molar-refractivity contribution in [2.75, 3.05) is 7.11 Å². The number of halogens is 1. The van der Waals surface area contributed by atoms with Gasteiger partial charge in [-0.3, -0.25) is 4.79 Å². The van der Waals surface area contributed by atoms with E-state index in [9.17, 15) is 4.79 Å². The lowest BCUT2D eigenvalue weighted by Gasteiger charge is -2.02. The Hall–Kier alpha value is -2.40. The molecule has 0 saturated carbocycles. The average molecular weight is 359 g/mol. The Morgan fingerprint density at radius 2 is 1.82 bits per heavy atom. The van der Waals surface area contributed by atoms with Crippen molar-refractivity contribution in [1.29, 1.82) is 0 Å². The van der Waals surface area contributed by atoms with Crippen molar-refractivity contribution in [2.45, 2.75) is 0 Å². The van der Waals surface area contributed by atoms with Gasteiger partial charge in [0.05, 0.1) is 13.3 Å². The molecule has 2 aromatic carbocycles. The van der Waals surface area contributed by atoms with Gasteiger partial charge in [-0.1, -0.05) is 30.3 Å². The van der Waals surface area contributed by atoms with Crippen LogP contribution in [-0.2, 0) is 0 Å². The van der Waals surface area contributed by atoms with Crippen molar-refractivity contribution < 1.29 is 9.53 Å². The highest BCUT2D eigenvalue weighted by Crippen LogP contribution is 2.11. The maximum atomic E-state index is 11.9. The quantitative estimate of drug-likeness (QED) is 0.651. The van der Waals surface area contributed by atoms with Crippen molar-refractivity contribution in [3.63, 3.8) is 0 Å². The van der Waals surface area contributed by atoms with E-state index < -0.39 is 0 Å². The molecule has 0 aliphatic rings. The zero-order valence-corrected chi connectivity index (χ0v) is 13.6. The lowest BCUT2D eigenvalue weighted by atomic mass is 10.2. The number of methoxy groups -OCH3 is 1. The Bertz CT molecular complexity index is 680. The summed E-state index contributed by atoms with van der Waals surface area (Å²) in [6.45, 7) is 0. The summed E-state index contributed by atoms with van der Waals surface area (Å²) in [6.07, 6.45) is 3.44. The maximum absolute atomic E-state index is 11.9. The number of benzene rings is 2. The molecule has 0 aromatic heterocycles. The van der Waals surface area contributed by atoms with Crippen molar-refractivity contribution in [3.05, 3.63) is 70.2 Å². The first-order valence-electron chi connectivity index (χ1n) is 6.59. The van der Waals surface area contributed by atoms with E-state index in [1.807, 2.05) is 36.4 Å². The van der Waals surface area contributed by atoms with Crippen LogP contribution in [0.15, 0.2) is 64.2 Å². The highest BCUT2D eigenvalue weighted by molar-refractivity contribution is 9.12. The van der Waals surface area contributed by atoms with Gasteiger partial charge in [0.2, 0.25) is 0 Å². The van der Waals surface area contributed by atoms with Crippen LogP contribution in [0.1, 0.15) is 15.9 Å². The lowest BCUT2D eigenvalue weighted by Crippen LogP contribution is -2.17. The second-order valence-corrected chi connectivity index (χ2v) is 5.28. The van der Waals surface area contributed by atoms with E-state index in [1.165, 1.54) is 6.21 Å². The Morgan fingerprint density at radius 3 is 2.45 bits per heavy atom. The summed E-state index contributed by atoms with van der Waals surface area (Å²) in [5, 5.41) is 3.92. The number of allylic oxidation sites excluding steroid dienone is 1. The third-order valence-corrected chi connectivity index (χ3v) is 3.24. The number of nitrogens with zero attached hydrogens (tertiary/aromatic N) is 1. The van der Waals surface area contributed by atoms with Gasteiger partial charge in [0.1, 0.15) is 5.75 Å². The monoisotopic (exact) mass is 358 g/mol. The molecule has 0 atom stereocenters. The Morgan fingerprint density at radius 1 is 1.14 bits per heavy atom. The normalized spacial score (nSPS) is 11.5. The van der Waals surface area contributed by atoms with Gasteiger partial charge in [-0.15, -0.1) is 0 Å². The van der Waals surface area contributed by atoms with Crippen LogP contribution in [0, 0.1) is 0 Å². The zero-order chi connectivity index (χ0) is 15.8. The van der Waals surface area contributed by atoms with Crippen molar-refractivity contribution >= 4 is 34.1 Å². The van der Waals surface area contributed by atoms with Crippen molar-refractivity contribution in [1.82, 2.24) is 5.43 Å². The van der Waals surface area contributed by atoms with E-state index in [1.54, 1.807) is 31.4 Å². The average Bonchev–Trinajstić information content (AvgIpc) is 2.55. The van der Waals surface area contributed by atoms with Crippen molar-refractivity contribution in [2.24, 2.45) is 5.10 Å². The molecule has 2 rings (SSSR count). The van der Waals surface area contributed by atoms with E-state index in [-0.39, 0.29) is 5.91 Å². The predicted octanol–water partition coefficient (Wildman–Crippen LogP) is 3.85. The number of amides is 1. The van der Waals surface area contributed by atoms with Gasteiger partial charge in [0.15, 0.2) is 0 Å². The summed E-state index contributed by atoms with van der Waals surface area (Å²) in [5.74, 6) is 0.424. The molecule has 0 aliphatic heterocycles. The minimum absolute atomic E-state index is 0.279. The van der Waals surface area contributed by atoms with Gasteiger partial charge in [0.25, 0.3) is 5.91 Å². The van der Waals surface area contributed by atoms with Crippen LogP contribution < -0.4 is 10.2 Å². The maximum Gasteiger partial charge on any atom is 0.271 e. The third-order valence-electron chi connectivity index (χ3n) is 2.81. The predicted molar refractivity (Wildman–Crippen MR) is 92.3 cm³/mol. The van der Waals surface area contributed by atoms with E-state index in [2.05, 4.69) is 26.5 Å². The van der Waals surface area contributed by atoms with Gasteiger partial charge < -0.3 is 4.74 Å². The number of carbonyl (C=O) groups excluding carboxylic acids is 1. The molecule has 22 heavy (non-hydrogen) atoms. The minimum atomic E-state index is -0.279. The Labute approximate surface area is 137 Å². The molecule has 0 fully saturated rings. The minimum Gasteiger partial charge on any atom is -0.497 e. The van der Waals surface area contributed by atoms with Crippen molar-refractivity contribution in [3.8, 4) is 5.75 Å². The highest BCUT2D eigenvalue weighted by atomic mass is 79.9. The topological polar surface area (TPSA) is 50.7 Å². The zero-order valence-electron chi connectivity index (χ0n) is 12.0. The summed E-state index contributed by atoms with van der Waals surface area (Å²) >= 11 is 3.38. The van der Waals surface area contributed by atoms with E-state index in [0.717, 1.165) is 10.0 Å². The van der Waals surface area contributed by atoms with Crippen LogP contribution in [-0.4, -0.2) is 19.2 Å². The van der Waals surface area contributed by atoms with Crippen LogP contribution in [0.5, 0.6) is 5.75 Å². The molecular formula is C17H15BrN2O2. The molecule has 0 heterocycles. The van der Waals surface area contributed by atoms with Gasteiger partial charge in [-0.05, 0) is 51.8 Å². The second kappa shape index (κ2) is 8.14. The molecule has 4 nitrogen and oxygen atoms in total. The fourth-order valence-electron chi connectivity index (χ4n) is 1.71. The molecule has 0 aliphatic carbocycles. The van der Waals surface area contributed by atoms with Crippen LogP contribution >= 0.6 is 15.9 Å². The van der Waals surface area contributed by atoms with Crippen LogP contribution in [0.25, 0.3) is 6.08 Å². The molecule has 0 radical (unpaired) electrons. The van der Waals surface area contributed by atoms with E-state index >= 15 is 0 Å². The molecule has 2 aromatic rings. The first-order chi connectivity index (χ1) is 10.7. The SMILES string of the molecule is COc1ccc(C(=O)NN=C/C(Br)=C/c2ccccc2)cc1. The summed E-state index contributed by atoms with van der Waals surface area (Å²) in [7, 11) is 1.58. The molecule has 5 heteroatoms. The summed E-state index contributed by atoms with van der Waals surface area (Å²) < 4.78 is 5.80. The second-order valence-electron chi connectivity index (χ2n) is 4.37. The van der Waals surface area contributed by atoms with Crippen LogP contribution in [0.3, 0.4) is 0 Å². The number of hydrogen-bond acceptors (Lipinski definition) is 3. The van der Waals surface area contributed by atoms with Crippen LogP contribution in [0.4, 0.5) is 0 Å². The van der Waals surface area contributed by atoms with Gasteiger partial charge >= 0.3 is 0 Å². The molecule has 0 spiro atoms. The van der Waals surface area contributed by atoms with E-state index in [0.29, 0.717) is 11.3 Å². The molecule has 1 N–H and O–H groups in total. The highest BCUT2D eigenvalue weighted by Gasteiger charge is 2.03. The number of carbonyl (C=O) groups is 1. The summed E-state index contributed by atoms with van der Waals surface area (Å²) in [6, 6.07) is 16.6. The van der Waals surface area contributed by atoms with E-state index in [4.69, 9.17) is 4.74 Å². The first-order valence-corrected chi connectivity index (χ1v) is 7.38. The Balaban J connectivity index is 1.93. The third kappa shape index (κ3) is 4.86. The Kier molecular flexibility index (Phi) is 5.91. The molecular weight excluding hydrogens is 344 g/mol. The number of hydrogen-bond donors (Lipinski definition) is 1. The van der Waals surface area contributed by atoms with Gasteiger partial charge in [0, 0.05) is 10.0 Å². The summed E-state index contributed by atoms with van der Waals surface area (Å²) in [4.78, 5) is 11.9. The standard InChI is InChI=1S/C17H15BrN2O2/c1-22-16-9-7-14(8-10-16)17(21)20-19-12-15(18)11-13-5-3-2-4-6-13/h2-12H,1H3,(H,20,21)/b15-11-,19-12?. The molecule has 1 amide bonds. The number of hydrazone groups is 1. The molecule has 0 bridgehead atoms. The lowest BCUT2D eigenvalue weighted by molar-refractivity contribution is 0.0955. The molecule has 0 unspecified atom stereocenters. The fourth-order valence-corrected chi connectivity index (χ4v) is 2.07. The molecule has 112 valence electrons. The number of nitrogens with one attached hydrogen (secondary N) is 1. The van der Waals surface area contributed by atoms with Gasteiger partial charge in [-0.2, -0.15) is 5.10 Å².